The number of carbonyl (C=O) groups excluding carboxylic acids is 1. The summed E-state index contributed by atoms with van der Waals surface area (Å²) in [5.74, 6) is -0.418. The number of aliphatic hydroxyl groups is 1. The highest BCUT2D eigenvalue weighted by molar-refractivity contribution is 7.89. The summed E-state index contributed by atoms with van der Waals surface area (Å²) in [6.07, 6.45) is -0.509. The minimum atomic E-state index is -3.69. The zero-order valence-corrected chi connectivity index (χ0v) is 24.8. The average Bonchev–Trinajstić information content (AvgIpc) is 3.60. The third-order valence-corrected chi connectivity index (χ3v) is 10.5. The lowest BCUT2D eigenvalue weighted by molar-refractivity contribution is -0.0147. The zero-order chi connectivity index (χ0) is 28.6. The van der Waals surface area contributed by atoms with E-state index in [4.69, 9.17) is 4.74 Å². The zero-order valence-electron chi connectivity index (χ0n) is 23.1. The molecule has 0 fully saturated rings. The number of benzene rings is 2. The van der Waals surface area contributed by atoms with Crippen molar-refractivity contribution in [3.8, 4) is 11.1 Å². The van der Waals surface area contributed by atoms with Crippen molar-refractivity contribution in [2.45, 2.75) is 37.5 Å². The fourth-order valence-electron chi connectivity index (χ4n) is 5.46. The van der Waals surface area contributed by atoms with Gasteiger partial charge in [-0.2, -0.15) is 15.6 Å². The molecule has 1 aliphatic rings. The quantitative estimate of drug-likeness (QED) is 0.360. The highest BCUT2D eigenvalue weighted by Crippen LogP contribution is 2.38. The molecule has 0 spiro atoms. The third-order valence-electron chi connectivity index (χ3n) is 7.87. The summed E-state index contributed by atoms with van der Waals surface area (Å²) in [5.41, 5.74) is 4.14. The topological polar surface area (TPSA) is 92.1 Å². The van der Waals surface area contributed by atoms with Crippen molar-refractivity contribution in [2.75, 3.05) is 26.7 Å². The van der Waals surface area contributed by atoms with Crippen molar-refractivity contribution < 1.29 is 23.1 Å². The van der Waals surface area contributed by atoms with Crippen LogP contribution in [-0.4, -0.2) is 72.1 Å². The predicted molar refractivity (Wildman–Crippen MR) is 158 cm³/mol. The smallest absolute Gasteiger partial charge is 0.271 e. The maximum atomic E-state index is 14.4. The van der Waals surface area contributed by atoms with Crippen LogP contribution < -0.4 is 0 Å². The molecule has 10 heteroatoms. The van der Waals surface area contributed by atoms with Gasteiger partial charge >= 0.3 is 0 Å². The van der Waals surface area contributed by atoms with Gasteiger partial charge in [-0.15, -0.1) is 0 Å². The van der Waals surface area contributed by atoms with Crippen LogP contribution in [0.25, 0.3) is 22.0 Å². The number of hydrogen-bond donors (Lipinski definition) is 1. The van der Waals surface area contributed by atoms with Gasteiger partial charge in [0, 0.05) is 54.9 Å². The Labute approximate surface area is 239 Å². The number of nitrogens with zero attached hydrogens (tertiary/aromatic N) is 3. The van der Waals surface area contributed by atoms with Crippen LogP contribution in [0.4, 0.5) is 0 Å². The highest BCUT2D eigenvalue weighted by atomic mass is 32.2. The summed E-state index contributed by atoms with van der Waals surface area (Å²) < 4.78 is 36.2. The molecule has 3 heterocycles. The van der Waals surface area contributed by atoms with Crippen LogP contribution in [0.15, 0.2) is 70.3 Å². The number of para-hydroxylation sites is 1. The molecule has 2 aromatic heterocycles. The van der Waals surface area contributed by atoms with Crippen molar-refractivity contribution in [3.63, 3.8) is 0 Å². The van der Waals surface area contributed by atoms with E-state index in [0.717, 1.165) is 27.6 Å². The average molecular weight is 582 g/mol. The van der Waals surface area contributed by atoms with Crippen LogP contribution in [0.3, 0.4) is 0 Å². The summed E-state index contributed by atoms with van der Waals surface area (Å²) >= 11 is 1.33. The van der Waals surface area contributed by atoms with E-state index in [1.54, 1.807) is 28.8 Å². The Bertz CT molecular complexity index is 1610. The summed E-state index contributed by atoms with van der Waals surface area (Å²) in [4.78, 5) is 16.4. The molecule has 0 bridgehead atoms. The maximum Gasteiger partial charge on any atom is 0.271 e. The van der Waals surface area contributed by atoms with E-state index in [0.29, 0.717) is 5.69 Å². The lowest BCUT2D eigenvalue weighted by Crippen LogP contribution is -2.48. The molecule has 1 N–H and O–H groups in total. The van der Waals surface area contributed by atoms with Gasteiger partial charge in [0.25, 0.3) is 5.91 Å². The van der Waals surface area contributed by atoms with Crippen molar-refractivity contribution >= 4 is 38.2 Å². The molecule has 8 nitrogen and oxygen atoms in total. The number of amides is 1. The van der Waals surface area contributed by atoms with Gasteiger partial charge in [0.05, 0.1) is 30.3 Å². The lowest BCUT2D eigenvalue weighted by atomic mass is 9.96. The van der Waals surface area contributed by atoms with Gasteiger partial charge in [-0.3, -0.25) is 4.79 Å². The molecule has 3 atom stereocenters. The number of ether oxygens (including phenoxy) is 1. The number of fused-ring (bicyclic) bond motifs is 5. The van der Waals surface area contributed by atoms with Gasteiger partial charge in [-0.25, -0.2) is 8.42 Å². The lowest BCUT2D eigenvalue weighted by Gasteiger charge is -2.34. The Hall–Kier alpha value is -3.02. The number of hydrogen-bond acceptors (Lipinski definition) is 6. The van der Waals surface area contributed by atoms with E-state index in [-0.39, 0.29) is 43.0 Å². The number of aliphatic hydroxyl groups excluding tert-OH is 1. The Morgan fingerprint density at radius 3 is 2.60 bits per heavy atom. The summed E-state index contributed by atoms with van der Waals surface area (Å²) in [6.45, 7) is 4.24. The number of thiophene rings is 1. The molecular formula is C30H35N3O5S2. The largest absolute Gasteiger partial charge is 0.394 e. The minimum absolute atomic E-state index is 0.118. The molecule has 0 unspecified atom stereocenters. The molecule has 4 aromatic rings. The van der Waals surface area contributed by atoms with Gasteiger partial charge in [0.15, 0.2) is 0 Å². The van der Waals surface area contributed by atoms with E-state index in [1.165, 1.54) is 15.6 Å². The highest BCUT2D eigenvalue weighted by Gasteiger charge is 2.34. The fraction of sp³-hybridized carbons (Fsp3) is 0.367. The fourth-order valence-corrected chi connectivity index (χ4v) is 7.65. The van der Waals surface area contributed by atoms with Crippen LogP contribution in [0.2, 0.25) is 0 Å². The van der Waals surface area contributed by atoms with Crippen molar-refractivity contribution in [1.29, 1.82) is 0 Å². The van der Waals surface area contributed by atoms with E-state index in [2.05, 4.69) is 0 Å². The SMILES string of the molecule is C[C@@H]1CN([C@@H](C)CO)C(=O)c2c(c3ccccc3n2C)-c2ccccc2CO[C@H]1CN(C)S(=O)(=O)c1ccsc1. The van der Waals surface area contributed by atoms with Gasteiger partial charge in [-0.1, -0.05) is 49.4 Å². The van der Waals surface area contributed by atoms with Gasteiger partial charge in [0.1, 0.15) is 5.69 Å². The molecule has 1 amide bonds. The van der Waals surface area contributed by atoms with E-state index in [1.807, 2.05) is 74.0 Å². The van der Waals surface area contributed by atoms with Crippen LogP contribution >= 0.6 is 11.3 Å². The molecule has 0 saturated heterocycles. The third kappa shape index (κ3) is 5.10. The molecule has 5 rings (SSSR count). The van der Waals surface area contributed by atoms with Gasteiger partial charge in [-0.05, 0) is 35.6 Å². The van der Waals surface area contributed by atoms with Crippen LogP contribution in [0.1, 0.15) is 29.9 Å². The number of aromatic nitrogens is 1. The van der Waals surface area contributed by atoms with Crippen molar-refractivity contribution in [3.05, 3.63) is 76.6 Å². The molecule has 2 aromatic carbocycles. The molecule has 0 radical (unpaired) electrons. The number of aryl methyl sites for hydroxylation is 1. The number of carbonyl (C=O) groups is 1. The standard InChI is InChI=1S/C30H35N3O5S2/c1-20-15-33(21(2)17-34)30(35)29-28(25-11-7-8-12-26(25)32(29)4)24-10-6-5-9-22(24)18-38-27(20)16-31(3)40(36,37)23-13-14-39-19-23/h5-14,19-21,27,34H,15-18H2,1-4H3/t20-,21+,27+/m1/s1. The Morgan fingerprint density at radius 1 is 1.15 bits per heavy atom. The number of likely N-dealkylation sites (N-methyl/N-ethyl adjacent to an activating group) is 1. The Kier molecular flexibility index (Phi) is 8.17. The van der Waals surface area contributed by atoms with E-state index in [9.17, 15) is 18.3 Å². The van der Waals surface area contributed by atoms with Gasteiger partial charge in [0.2, 0.25) is 10.0 Å². The summed E-state index contributed by atoms with van der Waals surface area (Å²) in [7, 11) is -0.236. The second-order valence-electron chi connectivity index (χ2n) is 10.5. The van der Waals surface area contributed by atoms with E-state index < -0.39 is 22.2 Å². The Balaban J connectivity index is 1.63. The number of rotatable bonds is 6. The maximum absolute atomic E-state index is 14.4. The number of sulfonamides is 1. The second kappa shape index (κ2) is 11.5. The second-order valence-corrected chi connectivity index (χ2v) is 13.3. The predicted octanol–water partition coefficient (Wildman–Crippen LogP) is 4.59. The van der Waals surface area contributed by atoms with E-state index >= 15 is 0 Å². The summed E-state index contributed by atoms with van der Waals surface area (Å²) in [6, 6.07) is 17.0. The first-order valence-corrected chi connectivity index (χ1v) is 15.7. The van der Waals surface area contributed by atoms with Crippen molar-refractivity contribution in [1.82, 2.24) is 13.8 Å². The van der Waals surface area contributed by atoms with Crippen molar-refractivity contribution in [2.24, 2.45) is 13.0 Å². The molecule has 1 aliphatic heterocycles. The summed E-state index contributed by atoms with van der Waals surface area (Å²) in [5, 5.41) is 14.5. The van der Waals surface area contributed by atoms with Gasteiger partial charge < -0.3 is 19.3 Å². The van der Waals surface area contributed by atoms with Crippen LogP contribution in [-0.2, 0) is 28.4 Å². The monoisotopic (exact) mass is 581 g/mol. The molecule has 0 saturated carbocycles. The molecule has 0 aliphatic carbocycles. The van der Waals surface area contributed by atoms with Crippen LogP contribution in [0, 0.1) is 5.92 Å². The normalized spacial score (nSPS) is 19.4. The molecular weight excluding hydrogens is 546 g/mol. The minimum Gasteiger partial charge on any atom is -0.394 e. The Morgan fingerprint density at radius 2 is 1.88 bits per heavy atom. The molecule has 212 valence electrons. The molecule has 40 heavy (non-hydrogen) atoms. The first-order valence-electron chi connectivity index (χ1n) is 13.3. The first kappa shape index (κ1) is 28.5. The van der Waals surface area contributed by atoms with Crippen LogP contribution in [0.5, 0.6) is 0 Å². The first-order chi connectivity index (χ1) is 19.1.